The summed E-state index contributed by atoms with van der Waals surface area (Å²) in [6.07, 6.45) is 0.191. The molecule has 0 aliphatic heterocycles. The summed E-state index contributed by atoms with van der Waals surface area (Å²) in [6, 6.07) is 7.57. The number of nitrogens with one attached hydrogen (secondary N) is 2. The molecule has 154 valence electrons. The summed E-state index contributed by atoms with van der Waals surface area (Å²) in [5.74, 6) is 1.46. The van der Waals surface area contributed by atoms with Gasteiger partial charge in [0, 0.05) is 25.3 Å². The highest BCUT2D eigenvalue weighted by Gasteiger charge is 2.14. The number of methoxy groups -OCH3 is 1. The lowest BCUT2D eigenvalue weighted by molar-refractivity contribution is 0.187. The molecule has 1 aromatic heterocycles. The molecule has 0 aliphatic rings. The second kappa shape index (κ2) is 10.1. The molecule has 0 radical (unpaired) electrons. The molecule has 28 heavy (non-hydrogen) atoms. The molecular formula is C21H33N5O2. The third kappa shape index (κ3) is 5.73. The Bertz CT molecular complexity index is 783. The lowest BCUT2D eigenvalue weighted by Crippen LogP contribution is -2.43. The van der Waals surface area contributed by atoms with Crippen molar-refractivity contribution >= 4 is 5.96 Å². The first-order valence-electron chi connectivity index (χ1n) is 9.71. The fourth-order valence-electron chi connectivity index (χ4n) is 3.13. The van der Waals surface area contributed by atoms with Crippen molar-refractivity contribution in [2.75, 3.05) is 20.2 Å². The van der Waals surface area contributed by atoms with Crippen LogP contribution in [0.25, 0.3) is 0 Å². The third-order valence-corrected chi connectivity index (χ3v) is 4.82. The highest BCUT2D eigenvalue weighted by Crippen LogP contribution is 2.18. The SMILES string of the molecule is CCNC(=NCC(O)c1ccc(OC)cc1)NC(C)Cc1c(C)nn(C)c1C. The van der Waals surface area contributed by atoms with Crippen molar-refractivity contribution in [2.45, 2.75) is 46.3 Å². The molecular weight excluding hydrogens is 354 g/mol. The van der Waals surface area contributed by atoms with Crippen molar-refractivity contribution < 1.29 is 9.84 Å². The van der Waals surface area contributed by atoms with Crippen LogP contribution in [0.4, 0.5) is 0 Å². The molecule has 2 atom stereocenters. The van der Waals surface area contributed by atoms with Gasteiger partial charge < -0.3 is 20.5 Å². The van der Waals surface area contributed by atoms with E-state index in [2.05, 4.69) is 34.6 Å². The number of aliphatic imine (C=N–C) groups is 1. The van der Waals surface area contributed by atoms with Gasteiger partial charge in [-0.15, -0.1) is 0 Å². The van der Waals surface area contributed by atoms with Gasteiger partial charge in [0.25, 0.3) is 0 Å². The first kappa shape index (κ1) is 21.8. The standard InChI is InChI=1S/C21H33N5O2/c1-7-22-21(23-13-20(27)17-8-10-18(28-6)11-9-17)24-14(2)12-19-15(3)25-26(5)16(19)4/h8-11,14,20,27H,7,12-13H2,1-6H3,(H2,22,23,24). The van der Waals surface area contributed by atoms with Crippen LogP contribution in [0.15, 0.2) is 29.3 Å². The van der Waals surface area contributed by atoms with Gasteiger partial charge in [-0.2, -0.15) is 5.10 Å². The topological polar surface area (TPSA) is 83.7 Å². The molecule has 0 aliphatic carbocycles. The number of ether oxygens (including phenoxy) is 1. The molecule has 2 aromatic rings. The molecule has 0 saturated carbocycles. The molecule has 0 saturated heterocycles. The van der Waals surface area contributed by atoms with E-state index in [1.807, 2.05) is 49.8 Å². The van der Waals surface area contributed by atoms with E-state index in [-0.39, 0.29) is 12.6 Å². The van der Waals surface area contributed by atoms with Gasteiger partial charge in [0.2, 0.25) is 0 Å². The van der Waals surface area contributed by atoms with Crippen LogP contribution < -0.4 is 15.4 Å². The average molecular weight is 388 g/mol. The molecule has 1 aromatic carbocycles. The van der Waals surface area contributed by atoms with Crippen molar-refractivity contribution in [1.82, 2.24) is 20.4 Å². The Morgan fingerprint density at radius 2 is 1.96 bits per heavy atom. The zero-order valence-electron chi connectivity index (χ0n) is 17.8. The van der Waals surface area contributed by atoms with E-state index >= 15 is 0 Å². The zero-order valence-corrected chi connectivity index (χ0v) is 17.8. The normalized spacial score (nSPS) is 13.9. The molecule has 1 heterocycles. The summed E-state index contributed by atoms with van der Waals surface area (Å²) >= 11 is 0. The van der Waals surface area contributed by atoms with E-state index < -0.39 is 6.10 Å². The molecule has 0 fully saturated rings. The van der Waals surface area contributed by atoms with Gasteiger partial charge in [-0.05, 0) is 57.4 Å². The molecule has 0 bridgehead atoms. The number of aliphatic hydroxyl groups excluding tert-OH is 1. The largest absolute Gasteiger partial charge is 0.497 e. The van der Waals surface area contributed by atoms with Crippen LogP contribution in [0.5, 0.6) is 5.75 Å². The van der Waals surface area contributed by atoms with Gasteiger partial charge in [-0.1, -0.05) is 12.1 Å². The van der Waals surface area contributed by atoms with Crippen LogP contribution in [0, 0.1) is 13.8 Å². The van der Waals surface area contributed by atoms with E-state index in [4.69, 9.17) is 4.74 Å². The van der Waals surface area contributed by atoms with Gasteiger partial charge in [0.05, 0.1) is 25.5 Å². The van der Waals surface area contributed by atoms with Crippen molar-refractivity contribution in [3.8, 4) is 5.75 Å². The van der Waals surface area contributed by atoms with Gasteiger partial charge in [0.1, 0.15) is 5.75 Å². The number of nitrogens with zero attached hydrogens (tertiary/aromatic N) is 3. The molecule has 7 nitrogen and oxygen atoms in total. The maximum absolute atomic E-state index is 10.4. The Hall–Kier alpha value is -2.54. The maximum Gasteiger partial charge on any atom is 0.191 e. The second-order valence-corrected chi connectivity index (χ2v) is 7.03. The first-order chi connectivity index (χ1) is 13.3. The van der Waals surface area contributed by atoms with Crippen LogP contribution in [0.1, 0.15) is 42.5 Å². The van der Waals surface area contributed by atoms with Crippen LogP contribution in [-0.2, 0) is 13.5 Å². The number of hydrogen-bond donors (Lipinski definition) is 3. The minimum atomic E-state index is -0.667. The molecule has 3 N–H and O–H groups in total. The Labute approximate surface area is 167 Å². The number of aryl methyl sites for hydroxylation is 2. The van der Waals surface area contributed by atoms with Crippen LogP contribution >= 0.6 is 0 Å². The van der Waals surface area contributed by atoms with E-state index in [0.717, 1.165) is 30.0 Å². The minimum absolute atomic E-state index is 0.178. The summed E-state index contributed by atoms with van der Waals surface area (Å²) < 4.78 is 7.07. The lowest BCUT2D eigenvalue weighted by atomic mass is 10.1. The van der Waals surface area contributed by atoms with Crippen molar-refractivity contribution in [3.05, 3.63) is 46.8 Å². The average Bonchev–Trinajstić information content (AvgIpc) is 2.92. The van der Waals surface area contributed by atoms with Gasteiger partial charge >= 0.3 is 0 Å². The lowest BCUT2D eigenvalue weighted by Gasteiger charge is -2.19. The van der Waals surface area contributed by atoms with Crippen LogP contribution in [-0.4, -0.2) is 47.1 Å². The van der Waals surface area contributed by atoms with Crippen molar-refractivity contribution in [1.29, 1.82) is 0 Å². The summed E-state index contributed by atoms with van der Waals surface area (Å²) in [7, 11) is 3.59. The van der Waals surface area contributed by atoms with E-state index in [1.165, 1.54) is 11.3 Å². The molecule has 2 unspecified atom stereocenters. The fourth-order valence-corrected chi connectivity index (χ4v) is 3.13. The number of aromatic nitrogens is 2. The quantitative estimate of drug-likeness (QED) is 0.478. The zero-order chi connectivity index (χ0) is 20.7. The Morgan fingerprint density at radius 1 is 1.29 bits per heavy atom. The van der Waals surface area contributed by atoms with E-state index in [0.29, 0.717) is 5.96 Å². The summed E-state index contributed by atoms with van der Waals surface area (Å²) in [6.45, 7) is 9.31. The minimum Gasteiger partial charge on any atom is -0.497 e. The predicted molar refractivity (Wildman–Crippen MR) is 113 cm³/mol. The number of hydrogen-bond acceptors (Lipinski definition) is 4. The molecule has 0 spiro atoms. The highest BCUT2D eigenvalue weighted by molar-refractivity contribution is 5.80. The number of benzene rings is 1. The summed E-state index contributed by atoms with van der Waals surface area (Å²) in [5, 5.41) is 21.6. The van der Waals surface area contributed by atoms with Gasteiger partial charge in [0.15, 0.2) is 5.96 Å². The fraction of sp³-hybridized carbons (Fsp3) is 0.524. The number of rotatable bonds is 8. The third-order valence-electron chi connectivity index (χ3n) is 4.82. The molecule has 2 rings (SSSR count). The van der Waals surface area contributed by atoms with E-state index in [9.17, 15) is 5.11 Å². The smallest absolute Gasteiger partial charge is 0.191 e. The Kier molecular flexibility index (Phi) is 7.87. The predicted octanol–water partition coefficient (Wildman–Crippen LogP) is 2.27. The Balaban J connectivity index is 2.00. The van der Waals surface area contributed by atoms with Gasteiger partial charge in [-0.25, -0.2) is 0 Å². The summed E-state index contributed by atoms with van der Waals surface area (Å²) in [4.78, 5) is 4.56. The van der Waals surface area contributed by atoms with Crippen LogP contribution in [0.3, 0.4) is 0 Å². The Morgan fingerprint density at radius 3 is 2.50 bits per heavy atom. The molecule has 7 heteroatoms. The van der Waals surface area contributed by atoms with Crippen molar-refractivity contribution in [3.63, 3.8) is 0 Å². The highest BCUT2D eigenvalue weighted by atomic mass is 16.5. The van der Waals surface area contributed by atoms with Gasteiger partial charge in [-0.3, -0.25) is 9.67 Å². The van der Waals surface area contributed by atoms with Crippen LogP contribution in [0.2, 0.25) is 0 Å². The van der Waals surface area contributed by atoms with Crippen molar-refractivity contribution in [2.24, 2.45) is 12.0 Å². The second-order valence-electron chi connectivity index (χ2n) is 7.03. The molecule has 0 amide bonds. The number of aliphatic hydroxyl groups is 1. The maximum atomic E-state index is 10.4. The van der Waals surface area contributed by atoms with E-state index in [1.54, 1.807) is 7.11 Å². The summed E-state index contributed by atoms with van der Waals surface area (Å²) in [5.41, 5.74) is 4.32. The monoisotopic (exact) mass is 387 g/mol. The first-order valence-corrected chi connectivity index (χ1v) is 9.71. The number of guanidine groups is 1.